The third-order valence-electron chi connectivity index (χ3n) is 4.30. The van der Waals surface area contributed by atoms with Gasteiger partial charge >= 0.3 is 12.0 Å². The molecule has 2 rings (SSSR count). The van der Waals surface area contributed by atoms with Crippen molar-refractivity contribution in [2.45, 2.75) is 52.0 Å². The third-order valence-corrected chi connectivity index (χ3v) is 4.30. The molecule has 0 radical (unpaired) electrons. The van der Waals surface area contributed by atoms with E-state index in [0.717, 1.165) is 0 Å². The molecule has 1 saturated heterocycles. The summed E-state index contributed by atoms with van der Waals surface area (Å²) in [7, 11) is 0. The molecule has 1 aliphatic rings. The summed E-state index contributed by atoms with van der Waals surface area (Å²) in [5.74, 6) is -1.54. The Labute approximate surface area is 172 Å². The van der Waals surface area contributed by atoms with Crippen LogP contribution in [0.3, 0.4) is 0 Å². The highest BCUT2D eigenvalue weighted by molar-refractivity contribution is 5.92. The molecule has 1 aromatic rings. The van der Waals surface area contributed by atoms with E-state index < -0.39 is 48.2 Å². The normalized spacial score (nSPS) is 26.3. The summed E-state index contributed by atoms with van der Waals surface area (Å²) >= 11 is 0. The molecule has 4 unspecified atom stereocenters. The Bertz CT molecular complexity index is 840. The first kappa shape index (κ1) is 23.4. The van der Waals surface area contributed by atoms with Crippen LogP contribution in [0.1, 0.15) is 38.1 Å². The number of nitrogens with one attached hydrogen (secondary N) is 1. The van der Waals surface area contributed by atoms with Crippen LogP contribution >= 0.6 is 0 Å². The maximum absolute atomic E-state index is 15.5. The predicted molar refractivity (Wildman–Crippen MR) is 102 cm³/mol. The maximum atomic E-state index is 15.5. The smallest absolute Gasteiger partial charge is 0.375 e. The molecule has 0 aliphatic carbocycles. The van der Waals surface area contributed by atoms with E-state index in [1.54, 1.807) is 27.7 Å². The quantitative estimate of drug-likeness (QED) is 0.323. The number of halogens is 2. The Morgan fingerprint density at radius 2 is 2.07 bits per heavy atom. The molecule has 0 saturated carbocycles. The lowest BCUT2D eigenvalue weighted by atomic mass is 9.93. The van der Waals surface area contributed by atoms with Crippen LogP contribution in [0.15, 0.2) is 29.4 Å². The molecular weight excluding hydrogens is 402 g/mol. The van der Waals surface area contributed by atoms with Crippen LogP contribution in [0.5, 0.6) is 5.75 Å². The van der Waals surface area contributed by atoms with Crippen molar-refractivity contribution in [2.24, 2.45) is 10.5 Å². The predicted octanol–water partition coefficient (Wildman–Crippen LogP) is 3.44. The molecule has 9 nitrogen and oxygen atoms in total. The average Bonchev–Trinajstić information content (AvgIpc) is 2.67. The van der Waals surface area contributed by atoms with Crippen molar-refractivity contribution < 1.29 is 32.6 Å². The van der Waals surface area contributed by atoms with Gasteiger partial charge in [-0.2, -0.15) is 4.39 Å². The van der Waals surface area contributed by atoms with Gasteiger partial charge in [0.25, 0.3) is 0 Å². The fraction of sp³-hybridized carbons (Fsp3) is 0.579. The van der Waals surface area contributed by atoms with Crippen LogP contribution in [0, 0.1) is 5.41 Å². The molecule has 30 heavy (non-hydrogen) atoms. The number of rotatable bonds is 6. The third kappa shape index (κ3) is 5.17. The number of para-hydroxylation sites is 1. The van der Waals surface area contributed by atoms with Crippen molar-refractivity contribution in [3.05, 3.63) is 40.3 Å². The van der Waals surface area contributed by atoms with Gasteiger partial charge < -0.3 is 19.5 Å². The number of nitrogens with zero attached hydrogens (tertiary/aromatic N) is 3. The van der Waals surface area contributed by atoms with E-state index in [2.05, 4.69) is 15.3 Å². The second-order valence-electron chi connectivity index (χ2n) is 7.64. The van der Waals surface area contributed by atoms with E-state index in [0.29, 0.717) is 0 Å². The van der Waals surface area contributed by atoms with E-state index in [-0.39, 0.29) is 17.9 Å². The lowest BCUT2D eigenvalue weighted by Crippen LogP contribution is -2.63. The van der Waals surface area contributed by atoms with Crippen molar-refractivity contribution >= 4 is 11.9 Å². The fourth-order valence-corrected chi connectivity index (χ4v) is 2.66. The zero-order valence-electron chi connectivity index (χ0n) is 17.1. The van der Waals surface area contributed by atoms with Gasteiger partial charge in [-0.05, 0) is 24.6 Å². The molecule has 0 bridgehead atoms. The Kier molecular flexibility index (Phi) is 7.22. The Hall–Kier alpha value is -2.91. The van der Waals surface area contributed by atoms with Gasteiger partial charge in [0.05, 0.1) is 19.3 Å². The zero-order valence-corrected chi connectivity index (χ0v) is 17.1. The summed E-state index contributed by atoms with van der Waals surface area (Å²) in [6.07, 6.45) is -2.15. The SMILES string of the molecule is CCOC(=O)c1ccccc1OC1(F)OCC(NC(=O)C(C)(C)C)C(F)C1N=[N+]=[N-]. The van der Waals surface area contributed by atoms with Gasteiger partial charge in [-0.15, -0.1) is 0 Å². The number of esters is 1. The van der Waals surface area contributed by atoms with Crippen LogP contribution in [-0.2, 0) is 14.3 Å². The highest BCUT2D eigenvalue weighted by Crippen LogP contribution is 2.36. The molecule has 1 fully saturated rings. The highest BCUT2D eigenvalue weighted by Gasteiger charge is 2.55. The van der Waals surface area contributed by atoms with Crippen LogP contribution in [-0.4, -0.2) is 49.4 Å². The Balaban J connectivity index is 2.30. The van der Waals surface area contributed by atoms with Crippen molar-refractivity contribution in [3.8, 4) is 5.75 Å². The molecule has 11 heteroatoms. The summed E-state index contributed by atoms with van der Waals surface area (Å²) in [5, 5.41) is 5.58. The van der Waals surface area contributed by atoms with Crippen LogP contribution in [0.25, 0.3) is 10.4 Å². The number of alkyl halides is 2. The summed E-state index contributed by atoms with van der Waals surface area (Å²) in [4.78, 5) is 26.7. The molecular formula is C19H24F2N4O5. The van der Waals surface area contributed by atoms with E-state index in [1.807, 2.05) is 0 Å². The minimum absolute atomic E-state index is 0.0769. The molecule has 0 aromatic heterocycles. The van der Waals surface area contributed by atoms with Crippen LogP contribution in [0.2, 0.25) is 0 Å². The van der Waals surface area contributed by atoms with Crippen molar-refractivity contribution in [1.82, 2.24) is 5.32 Å². The van der Waals surface area contributed by atoms with Crippen LogP contribution in [0.4, 0.5) is 8.78 Å². The topological polar surface area (TPSA) is 123 Å². The monoisotopic (exact) mass is 426 g/mol. The minimum Gasteiger partial charge on any atom is -0.462 e. The largest absolute Gasteiger partial charge is 0.462 e. The van der Waals surface area contributed by atoms with E-state index in [4.69, 9.17) is 19.7 Å². The molecule has 1 aromatic carbocycles. The zero-order chi connectivity index (χ0) is 22.5. The summed E-state index contributed by atoms with van der Waals surface area (Å²) in [6, 6.07) is -0.987. The number of azide groups is 1. The number of ether oxygens (including phenoxy) is 3. The van der Waals surface area contributed by atoms with Crippen LogP contribution < -0.4 is 10.1 Å². The molecule has 1 N–H and O–H groups in total. The highest BCUT2D eigenvalue weighted by atomic mass is 19.2. The molecule has 1 amide bonds. The first-order chi connectivity index (χ1) is 14.0. The van der Waals surface area contributed by atoms with Crippen molar-refractivity contribution in [1.29, 1.82) is 0 Å². The molecule has 164 valence electrons. The van der Waals surface area contributed by atoms with Gasteiger partial charge in [-0.1, -0.05) is 38.0 Å². The average molecular weight is 426 g/mol. The van der Waals surface area contributed by atoms with Gasteiger partial charge in [0.15, 0.2) is 6.04 Å². The van der Waals surface area contributed by atoms with Gasteiger partial charge in [-0.25, -0.2) is 9.18 Å². The number of hydrogen-bond donors (Lipinski definition) is 1. The first-order valence-electron chi connectivity index (χ1n) is 9.30. The Morgan fingerprint density at radius 1 is 1.40 bits per heavy atom. The maximum Gasteiger partial charge on any atom is 0.375 e. The lowest BCUT2D eigenvalue weighted by Gasteiger charge is -2.41. The second kappa shape index (κ2) is 9.27. The summed E-state index contributed by atoms with van der Waals surface area (Å²) in [6.45, 7) is 5.96. The lowest BCUT2D eigenvalue weighted by molar-refractivity contribution is -0.312. The second-order valence-corrected chi connectivity index (χ2v) is 7.64. The standard InChI is InChI=1S/C19H24F2N4O5/c1-5-28-16(26)11-8-6-7-9-13(11)30-19(21)15(24-25-22)14(20)12(10-29-19)23-17(27)18(2,3)4/h6-9,12,14-15H,5,10H2,1-4H3,(H,23,27). The van der Waals surface area contributed by atoms with Gasteiger partial charge in [0.1, 0.15) is 17.5 Å². The fourth-order valence-electron chi connectivity index (χ4n) is 2.66. The first-order valence-corrected chi connectivity index (χ1v) is 9.30. The van der Waals surface area contributed by atoms with Gasteiger partial charge in [0, 0.05) is 10.3 Å². The van der Waals surface area contributed by atoms with Gasteiger partial charge in [-0.3, -0.25) is 4.79 Å². The summed E-state index contributed by atoms with van der Waals surface area (Å²) in [5.41, 5.74) is 7.86. The van der Waals surface area contributed by atoms with Gasteiger partial charge in [0.2, 0.25) is 5.91 Å². The van der Waals surface area contributed by atoms with Crippen molar-refractivity contribution in [2.75, 3.05) is 13.2 Å². The summed E-state index contributed by atoms with van der Waals surface area (Å²) < 4.78 is 45.7. The number of carbonyl (C=O) groups excluding carboxylic acids is 2. The van der Waals surface area contributed by atoms with E-state index >= 15 is 8.78 Å². The number of benzene rings is 1. The molecule has 0 spiro atoms. The Morgan fingerprint density at radius 3 is 2.67 bits per heavy atom. The molecule has 4 atom stereocenters. The molecule has 1 heterocycles. The van der Waals surface area contributed by atoms with E-state index in [9.17, 15) is 9.59 Å². The minimum atomic E-state index is -3.21. The molecule has 1 aliphatic heterocycles. The number of carbonyl (C=O) groups is 2. The number of amides is 1. The van der Waals surface area contributed by atoms with E-state index in [1.165, 1.54) is 24.3 Å². The number of hydrogen-bond acceptors (Lipinski definition) is 6. The van der Waals surface area contributed by atoms with Crippen molar-refractivity contribution in [3.63, 3.8) is 0 Å².